The van der Waals surface area contributed by atoms with Gasteiger partial charge in [-0.05, 0) is 37.2 Å². The van der Waals surface area contributed by atoms with Gasteiger partial charge in [0.2, 0.25) is 0 Å². The van der Waals surface area contributed by atoms with Gasteiger partial charge in [-0.3, -0.25) is 4.68 Å². The van der Waals surface area contributed by atoms with Crippen LogP contribution in [0, 0.1) is 11.8 Å². The van der Waals surface area contributed by atoms with Crippen LogP contribution in [0.15, 0.2) is 17.3 Å². The summed E-state index contributed by atoms with van der Waals surface area (Å²) in [7, 11) is -0.947. The molecule has 0 bridgehead atoms. The molecule has 1 saturated carbocycles. The standard InChI is InChI=1S/C18H31N5O2S/c1-14-5-3-4-6-17(14)21-18(20-12-16-7-9-23(2)22-16)19-11-15-8-10-26(24,25)13-15/h7,9,14-15,17H,3-6,8,10-13H2,1-2H3,(H2,19,20,21). The van der Waals surface area contributed by atoms with Crippen molar-refractivity contribution in [1.29, 1.82) is 0 Å². The zero-order valence-electron chi connectivity index (χ0n) is 15.8. The summed E-state index contributed by atoms with van der Waals surface area (Å²) in [6, 6.07) is 2.39. The van der Waals surface area contributed by atoms with Crippen LogP contribution in [0.25, 0.3) is 0 Å². The molecule has 7 nitrogen and oxygen atoms in total. The highest BCUT2D eigenvalue weighted by atomic mass is 32.2. The Hall–Kier alpha value is -1.57. The fraction of sp³-hybridized carbons (Fsp3) is 0.778. The van der Waals surface area contributed by atoms with E-state index in [2.05, 4.69) is 22.7 Å². The van der Waals surface area contributed by atoms with E-state index in [1.54, 1.807) is 4.68 Å². The summed E-state index contributed by atoms with van der Waals surface area (Å²) in [4.78, 5) is 4.70. The van der Waals surface area contributed by atoms with Gasteiger partial charge in [0, 0.05) is 25.8 Å². The highest BCUT2D eigenvalue weighted by molar-refractivity contribution is 7.91. The van der Waals surface area contributed by atoms with E-state index in [4.69, 9.17) is 4.99 Å². The third kappa shape index (κ3) is 5.46. The summed E-state index contributed by atoms with van der Waals surface area (Å²) in [5.41, 5.74) is 0.925. The third-order valence-corrected chi connectivity index (χ3v) is 7.32. The number of sulfone groups is 1. The lowest BCUT2D eigenvalue weighted by molar-refractivity contribution is 0.306. The van der Waals surface area contributed by atoms with E-state index in [-0.39, 0.29) is 11.7 Å². The molecular formula is C18H31N5O2S. The van der Waals surface area contributed by atoms with Crippen molar-refractivity contribution in [3.05, 3.63) is 18.0 Å². The average molecular weight is 382 g/mol. The molecule has 3 atom stereocenters. The molecule has 146 valence electrons. The van der Waals surface area contributed by atoms with Crippen molar-refractivity contribution in [2.75, 3.05) is 18.1 Å². The average Bonchev–Trinajstić information content (AvgIpc) is 3.17. The Morgan fingerprint density at radius 3 is 2.81 bits per heavy atom. The molecule has 0 aromatic carbocycles. The van der Waals surface area contributed by atoms with E-state index >= 15 is 0 Å². The second kappa shape index (κ2) is 8.41. The van der Waals surface area contributed by atoms with Crippen molar-refractivity contribution < 1.29 is 8.42 Å². The van der Waals surface area contributed by atoms with Gasteiger partial charge in [0.05, 0.1) is 23.7 Å². The van der Waals surface area contributed by atoms with Gasteiger partial charge in [0.1, 0.15) is 0 Å². The second-order valence-electron chi connectivity index (χ2n) is 7.81. The van der Waals surface area contributed by atoms with Crippen LogP contribution < -0.4 is 10.6 Å². The zero-order chi connectivity index (χ0) is 18.6. The quantitative estimate of drug-likeness (QED) is 0.596. The molecule has 2 fully saturated rings. The van der Waals surface area contributed by atoms with Crippen LogP contribution in [-0.2, 0) is 23.4 Å². The Bertz CT molecular complexity index is 728. The van der Waals surface area contributed by atoms with Crippen LogP contribution in [0.2, 0.25) is 0 Å². The SMILES string of the molecule is CC1CCCCC1NC(=NCc1ccn(C)n1)NCC1CCS(=O)(=O)C1. The number of nitrogens with one attached hydrogen (secondary N) is 2. The summed E-state index contributed by atoms with van der Waals surface area (Å²) in [6.45, 7) is 3.45. The lowest BCUT2D eigenvalue weighted by Gasteiger charge is -2.31. The van der Waals surface area contributed by atoms with Crippen molar-refractivity contribution in [1.82, 2.24) is 20.4 Å². The van der Waals surface area contributed by atoms with Gasteiger partial charge in [-0.25, -0.2) is 13.4 Å². The molecule has 1 aromatic rings. The number of aromatic nitrogens is 2. The summed E-state index contributed by atoms with van der Waals surface area (Å²) >= 11 is 0. The van der Waals surface area contributed by atoms with E-state index in [9.17, 15) is 8.42 Å². The summed E-state index contributed by atoms with van der Waals surface area (Å²) in [5.74, 6) is 2.17. The summed E-state index contributed by atoms with van der Waals surface area (Å²) in [5, 5.41) is 11.3. The fourth-order valence-electron chi connectivity index (χ4n) is 3.84. The number of hydrogen-bond acceptors (Lipinski definition) is 4. The Kier molecular flexibility index (Phi) is 6.21. The normalized spacial score (nSPS) is 28.8. The van der Waals surface area contributed by atoms with E-state index in [0.29, 0.717) is 30.8 Å². The van der Waals surface area contributed by atoms with Crippen LogP contribution in [0.1, 0.15) is 44.7 Å². The van der Waals surface area contributed by atoms with Crippen molar-refractivity contribution in [2.24, 2.45) is 23.9 Å². The summed E-state index contributed by atoms with van der Waals surface area (Å²) in [6.07, 6.45) is 7.60. The number of nitrogens with zero attached hydrogens (tertiary/aromatic N) is 3. The first-order valence-corrected chi connectivity index (χ1v) is 11.5. The molecule has 3 rings (SSSR count). The smallest absolute Gasteiger partial charge is 0.191 e. The molecule has 0 radical (unpaired) electrons. The van der Waals surface area contributed by atoms with E-state index in [0.717, 1.165) is 24.5 Å². The van der Waals surface area contributed by atoms with E-state index < -0.39 is 9.84 Å². The van der Waals surface area contributed by atoms with Crippen molar-refractivity contribution in [3.63, 3.8) is 0 Å². The molecule has 1 saturated heterocycles. The Balaban J connectivity index is 1.62. The Morgan fingerprint density at radius 1 is 1.35 bits per heavy atom. The van der Waals surface area contributed by atoms with Crippen LogP contribution in [0.5, 0.6) is 0 Å². The number of guanidine groups is 1. The highest BCUT2D eigenvalue weighted by Crippen LogP contribution is 2.23. The van der Waals surface area contributed by atoms with Crippen molar-refractivity contribution >= 4 is 15.8 Å². The molecule has 1 aromatic heterocycles. The van der Waals surface area contributed by atoms with Gasteiger partial charge >= 0.3 is 0 Å². The fourth-order valence-corrected chi connectivity index (χ4v) is 5.70. The van der Waals surface area contributed by atoms with Crippen molar-refractivity contribution in [2.45, 2.75) is 51.6 Å². The molecule has 2 heterocycles. The minimum absolute atomic E-state index is 0.172. The zero-order valence-corrected chi connectivity index (χ0v) is 16.6. The number of aryl methyl sites for hydroxylation is 1. The molecule has 8 heteroatoms. The lowest BCUT2D eigenvalue weighted by atomic mass is 9.86. The third-order valence-electron chi connectivity index (χ3n) is 5.49. The molecule has 0 amide bonds. The maximum absolute atomic E-state index is 11.7. The topological polar surface area (TPSA) is 88.4 Å². The first-order chi connectivity index (χ1) is 12.4. The van der Waals surface area contributed by atoms with Gasteiger partial charge in [-0.15, -0.1) is 0 Å². The van der Waals surface area contributed by atoms with Crippen molar-refractivity contribution in [3.8, 4) is 0 Å². The monoisotopic (exact) mass is 381 g/mol. The van der Waals surface area contributed by atoms with E-state index in [1.165, 1.54) is 19.3 Å². The van der Waals surface area contributed by atoms with Gasteiger partial charge in [-0.1, -0.05) is 19.8 Å². The molecule has 3 unspecified atom stereocenters. The molecule has 1 aliphatic heterocycles. The molecule has 1 aliphatic carbocycles. The highest BCUT2D eigenvalue weighted by Gasteiger charge is 2.28. The Morgan fingerprint density at radius 2 is 2.15 bits per heavy atom. The maximum atomic E-state index is 11.7. The Labute approximate surface area is 156 Å². The number of rotatable bonds is 5. The van der Waals surface area contributed by atoms with Crippen LogP contribution in [0.3, 0.4) is 0 Å². The van der Waals surface area contributed by atoms with Gasteiger partial charge in [0.15, 0.2) is 15.8 Å². The largest absolute Gasteiger partial charge is 0.356 e. The van der Waals surface area contributed by atoms with Crippen LogP contribution in [-0.4, -0.2) is 48.3 Å². The molecule has 2 N–H and O–H groups in total. The molecular weight excluding hydrogens is 350 g/mol. The number of aliphatic imine (C=N–C) groups is 1. The molecule has 26 heavy (non-hydrogen) atoms. The van der Waals surface area contributed by atoms with Crippen LogP contribution in [0.4, 0.5) is 0 Å². The maximum Gasteiger partial charge on any atom is 0.191 e. The van der Waals surface area contributed by atoms with Crippen LogP contribution >= 0.6 is 0 Å². The summed E-state index contributed by atoms with van der Waals surface area (Å²) < 4.78 is 25.1. The van der Waals surface area contributed by atoms with Gasteiger partial charge in [-0.2, -0.15) is 5.10 Å². The predicted octanol–water partition coefficient (Wildman–Crippen LogP) is 1.47. The van der Waals surface area contributed by atoms with Gasteiger partial charge in [0.25, 0.3) is 0 Å². The predicted molar refractivity (Wildman–Crippen MR) is 104 cm³/mol. The molecule has 0 spiro atoms. The minimum atomic E-state index is -2.84. The lowest BCUT2D eigenvalue weighted by Crippen LogP contribution is -2.48. The first-order valence-electron chi connectivity index (χ1n) is 9.65. The first kappa shape index (κ1) is 19.2. The molecule has 2 aliphatic rings. The van der Waals surface area contributed by atoms with E-state index in [1.807, 2.05) is 19.3 Å². The van der Waals surface area contributed by atoms with Gasteiger partial charge < -0.3 is 10.6 Å². The second-order valence-corrected chi connectivity index (χ2v) is 10.0. The minimum Gasteiger partial charge on any atom is -0.356 e. The number of hydrogen-bond donors (Lipinski definition) is 2.